The molecule has 1 unspecified atom stereocenters. The van der Waals surface area contributed by atoms with E-state index in [1.807, 2.05) is 31.1 Å². The van der Waals surface area contributed by atoms with Crippen molar-refractivity contribution in [2.45, 2.75) is 12.5 Å². The predicted octanol–water partition coefficient (Wildman–Crippen LogP) is 3.31. The van der Waals surface area contributed by atoms with E-state index >= 15 is 0 Å². The maximum Gasteiger partial charge on any atom is 0.129 e. The standard InChI is InChI=1S/C16H17F2NO/c1-19(2)12-8-6-11(7-9-12)16(20)10-13-14(17)4-3-5-15(13)18/h3-9,16,20H,10H2,1-2H3. The van der Waals surface area contributed by atoms with Crippen LogP contribution in [0.1, 0.15) is 17.2 Å². The van der Waals surface area contributed by atoms with Crippen LogP contribution in [0.2, 0.25) is 0 Å². The van der Waals surface area contributed by atoms with Crippen molar-refractivity contribution in [3.8, 4) is 0 Å². The molecule has 0 radical (unpaired) electrons. The van der Waals surface area contributed by atoms with E-state index in [2.05, 4.69) is 0 Å². The second-order valence-corrected chi connectivity index (χ2v) is 4.91. The highest BCUT2D eigenvalue weighted by Crippen LogP contribution is 2.23. The molecule has 2 rings (SSSR count). The molecule has 0 saturated carbocycles. The molecule has 0 saturated heterocycles. The number of nitrogens with zero attached hydrogens (tertiary/aromatic N) is 1. The average Bonchev–Trinajstić information content (AvgIpc) is 2.43. The minimum Gasteiger partial charge on any atom is -0.388 e. The van der Waals surface area contributed by atoms with Crippen LogP contribution in [-0.4, -0.2) is 19.2 Å². The number of hydrogen-bond acceptors (Lipinski definition) is 2. The van der Waals surface area contributed by atoms with Crippen LogP contribution in [0.25, 0.3) is 0 Å². The van der Waals surface area contributed by atoms with E-state index in [1.54, 1.807) is 12.1 Å². The number of hydrogen-bond donors (Lipinski definition) is 1. The molecular formula is C16H17F2NO. The lowest BCUT2D eigenvalue weighted by atomic mass is 10.0. The van der Waals surface area contributed by atoms with Crippen LogP contribution in [-0.2, 0) is 6.42 Å². The Hall–Kier alpha value is -1.94. The number of anilines is 1. The van der Waals surface area contributed by atoms with E-state index in [0.29, 0.717) is 5.56 Å². The second-order valence-electron chi connectivity index (χ2n) is 4.91. The smallest absolute Gasteiger partial charge is 0.129 e. The Morgan fingerprint density at radius 1 is 1.00 bits per heavy atom. The summed E-state index contributed by atoms with van der Waals surface area (Å²) in [7, 11) is 3.83. The van der Waals surface area contributed by atoms with E-state index in [4.69, 9.17) is 0 Å². The maximum atomic E-state index is 13.5. The van der Waals surface area contributed by atoms with Crippen LogP contribution in [0, 0.1) is 11.6 Å². The lowest BCUT2D eigenvalue weighted by molar-refractivity contribution is 0.175. The van der Waals surface area contributed by atoms with E-state index in [1.165, 1.54) is 18.2 Å². The second kappa shape index (κ2) is 6.01. The zero-order valence-corrected chi connectivity index (χ0v) is 11.5. The minimum absolute atomic E-state index is 0.0835. The number of halogens is 2. The third-order valence-corrected chi connectivity index (χ3v) is 3.25. The molecule has 0 fully saturated rings. The molecule has 1 N–H and O–H groups in total. The molecule has 2 aromatic carbocycles. The van der Waals surface area contributed by atoms with Crippen LogP contribution < -0.4 is 4.90 Å². The monoisotopic (exact) mass is 277 g/mol. The Morgan fingerprint density at radius 2 is 1.55 bits per heavy atom. The third-order valence-electron chi connectivity index (χ3n) is 3.25. The molecule has 0 aromatic heterocycles. The van der Waals surface area contributed by atoms with Crippen LogP contribution in [0.15, 0.2) is 42.5 Å². The molecule has 0 heterocycles. The van der Waals surface area contributed by atoms with Gasteiger partial charge in [0.1, 0.15) is 11.6 Å². The first kappa shape index (κ1) is 14.5. The molecule has 2 aromatic rings. The van der Waals surface area contributed by atoms with Crippen molar-refractivity contribution in [1.29, 1.82) is 0 Å². The predicted molar refractivity (Wildman–Crippen MR) is 75.8 cm³/mol. The van der Waals surface area contributed by atoms with Gasteiger partial charge in [0.25, 0.3) is 0 Å². The van der Waals surface area contributed by atoms with E-state index in [0.717, 1.165) is 5.69 Å². The number of aliphatic hydroxyl groups excluding tert-OH is 1. The van der Waals surface area contributed by atoms with E-state index < -0.39 is 17.7 Å². The number of rotatable bonds is 4. The van der Waals surface area contributed by atoms with Gasteiger partial charge in [0.2, 0.25) is 0 Å². The van der Waals surface area contributed by atoms with Gasteiger partial charge in [0.15, 0.2) is 0 Å². The highest BCUT2D eigenvalue weighted by Gasteiger charge is 2.15. The third kappa shape index (κ3) is 3.14. The summed E-state index contributed by atoms with van der Waals surface area (Å²) in [6.07, 6.45) is -1.02. The van der Waals surface area contributed by atoms with Crippen molar-refractivity contribution < 1.29 is 13.9 Å². The maximum absolute atomic E-state index is 13.5. The summed E-state index contributed by atoms with van der Waals surface area (Å²) in [6.45, 7) is 0. The summed E-state index contributed by atoms with van der Waals surface area (Å²) >= 11 is 0. The summed E-state index contributed by atoms with van der Waals surface area (Å²) in [5, 5.41) is 10.1. The highest BCUT2D eigenvalue weighted by molar-refractivity contribution is 5.46. The molecule has 0 aliphatic heterocycles. The SMILES string of the molecule is CN(C)c1ccc(C(O)Cc2c(F)cccc2F)cc1. The molecule has 4 heteroatoms. The molecular weight excluding hydrogens is 260 g/mol. The molecule has 0 aliphatic carbocycles. The van der Waals surface area contributed by atoms with Gasteiger partial charge in [-0.2, -0.15) is 0 Å². The Balaban J connectivity index is 2.17. The van der Waals surface area contributed by atoms with Crippen LogP contribution >= 0.6 is 0 Å². The van der Waals surface area contributed by atoms with Gasteiger partial charge in [-0.05, 0) is 29.8 Å². The Labute approximate surface area is 117 Å². The van der Waals surface area contributed by atoms with Crippen LogP contribution in [0.5, 0.6) is 0 Å². The first-order valence-electron chi connectivity index (χ1n) is 6.37. The van der Waals surface area contributed by atoms with Crippen molar-refractivity contribution in [3.63, 3.8) is 0 Å². The fraction of sp³-hybridized carbons (Fsp3) is 0.250. The number of aliphatic hydroxyl groups is 1. The Bertz CT molecular complexity index is 561. The zero-order chi connectivity index (χ0) is 14.7. The van der Waals surface area contributed by atoms with Crippen molar-refractivity contribution in [2.75, 3.05) is 19.0 Å². The first-order chi connectivity index (χ1) is 9.49. The van der Waals surface area contributed by atoms with Crippen LogP contribution in [0.3, 0.4) is 0 Å². The molecule has 2 nitrogen and oxygen atoms in total. The normalized spacial score (nSPS) is 12.2. The summed E-state index contributed by atoms with van der Waals surface area (Å²) in [4.78, 5) is 1.94. The largest absolute Gasteiger partial charge is 0.388 e. The van der Waals surface area contributed by atoms with Crippen molar-refractivity contribution in [1.82, 2.24) is 0 Å². The van der Waals surface area contributed by atoms with Gasteiger partial charge in [-0.15, -0.1) is 0 Å². The zero-order valence-electron chi connectivity index (χ0n) is 11.5. The fourth-order valence-electron chi connectivity index (χ4n) is 2.03. The summed E-state index contributed by atoms with van der Waals surface area (Å²) in [5.74, 6) is -1.26. The Kier molecular flexibility index (Phi) is 4.35. The first-order valence-corrected chi connectivity index (χ1v) is 6.37. The topological polar surface area (TPSA) is 23.5 Å². The molecule has 106 valence electrons. The van der Waals surface area contributed by atoms with E-state index in [9.17, 15) is 13.9 Å². The lowest BCUT2D eigenvalue weighted by Crippen LogP contribution is -2.09. The molecule has 0 amide bonds. The van der Waals surface area contributed by atoms with Gasteiger partial charge in [0.05, 0.1) is 6.10 Å². The minimum atomic E-state index is -0.933. The molecule has 1 atom stereocenters. The van der Waals surface area contributed by atoms with Crippen LogP contribution in [0.4, 0.5) is 14.5 Å². The summed E-state index contributed by atoms with van der Waals surface area (Å²) < 4.78 is 27.1. The number of benzene rings is 2. The summed E-state index contributed by atoms with van der Waals surface area (Å²) in [6, 6.07) is 10.9. The quantitative estimate of drug-likeness (QED) is 0.927. The summed E-state index contributed by atoms with van der Waals surface area (Å²) in [5.41, 5.74) is 1.55. The van der Waals surface area contributed by atoms with Crippen molar-refractivity contribution >= 4 is 5.69 Å². The molecule has 0 aliphatic rings. The fourth-order valence-corrected chi connectivity index (χ4v) is 2.03. The van der Waals surface area contributed by atoms with Gasteiger partial charge in [-0.1, -0.05) is 18.2 Å². The van der Waals surface area contributed by atoms with Gasteiger partial charge >= 0.3 is 0 Å². The van der Waals surface area contributed by atoms with Gasteiger partial charge in [0, 0.05) is 31.8 Å². The highest BCUT2D eigenvalue weighted by atomic mass is 19.1. The lowest BCUT2D eigenvalue weighted by Gasteiger charge is -2.15. The molecule has 20 heavy (non-hydrogen) atoms. The van der Waals surface area contributed by atoms with Crippen molar-refractivity contribution in [2.24, 2.45) is 0 Å². The van der Waals surface area contributed by atoms with Gasteiger partial charge in [-0.25, -0.2) is 8.78 Å². The molecule has 0 spiro atoms. The van der Waals surface area contributed by atoms with Gasteiger partial charge < -0.3 is 10.0 Å². The van der Waals surface area contributed by atoms with Crippen molar-refractivity contribution in [3.05, 3.63) is 65.2 Å². The molecule has 0 bridgehead atoms. The Morgan fingerprint density at radius 3 is 2.05 bits per heavy atom. The van der Waals surface area contributed by atoms with Gasteiger partial charge in [-0.3, -0.25) is 0 Å². The van der Waals surface area contributed by atoms with E-state index in [-0.39, 0.29) is 12.0 Å². The average molecular weight is 277 g/mol.